The van der Waals surface area contributed by atoms with E-state index in [9.17, 15) is 0 Å². The number of carbonyl (C=O) groups is 2. The van der Waals surface area contributed by atoms with Crippen LogP contribution in [0.4, 0.5) is 0 Å². The van der Waals surface area contributed by atoms with Gasteiger partial charge in [-0.3, -0.25) is 0 Å². The van der Waals surface area contributed by atoms with Crippen molar-refractivity contribution in [3.8, 4) is 0 Å². The van der Waals surface area contributed by atoms with Crippen molar-refractivity contribution in [1.29, 1.82) is 0 Å². The average molecular weight is 189 g/mol. The predicted octanol–water partition coefficient (Wildman–Crippen LogP) is 1.80. The first-order chi connectivity index (χ1) is 6.35. The van der Waals surface area contributed by atoms with E-state index in [0.717, 1.165) is 6.04 Å². The normalized spacial score (nSPS) is 8.00. The number of carbonyl (C=O) groups excluding carboxylic acids is 2. The molecule has 0 atom stereocenters. The van der Waals surface area contributed by atoms with Crippen LogP contribution in [-0.2, 0) is 9.59 Å². The van der Waals surface area contributed by atoms with Crippen molar-refractivity contribution in [3.05, 3.63) is 0 Å². The summed E-state index contributed by atoms with van der Waals surface area (Å²) in [4.78, 5) is 16.0. The van der Waals surface area contributed by atoms with Gasteiger partial charge in [0.1, 0.15) is 13.6 Å². The summed E-state index contributed by atoms with van der Waals surface area (Å²) in [5, 5.41) is 3.30. The van der Waals surface area contributed by atoms with E-state index in [1.165, 1.54) is 25.7 Å². The molecule has 3 heteroatoms. The molecule has 1 N–H and O–H groups in total. The number of hydrogen-bond acceptors (Lipinski definition) is 3. The van der Waals surface area contributed by atoms with Crippen LogP contribution in [0.25, 0.3) is 0 Å². The molecule has 0 radical (unpaired) electrons. The fourth-order valence-corrected chi connectivity index (χ4v) is 1.13. The molecule has 3 nitrogen and oxygen atoms in total. The lowest BCUT2D eigenvalue weighted by Crippen LogP contribution is -2.24. The summed E-state index contributed by atoms with van der Waals surface area (Å²) in [6.07, 6.45) is 5.24. The van der Waals surface area contributed by atoms with Crippen LogP contribution in [0.1, 0.15) is 39.5 Å². The molecule has 0 aromatic rings. The molecule has 0 aromatic carbocycles. The number of rotatable bonds is 5. The van der Waals surface area contributed by atoms with Gasteiger partial charge in [-0.05, 0) is 19.9 Å². The maximum Gasteiger partial charge on any atom is 0.106 e. The van der Waals surface area contributed by atoms with Crippen LogP contribution in [-0.4, -0.2) is 26.7 Å². The Hall–Kier alpha value is -0.700. The molecule has 0 heterocycles. The van der Waals surface area contributed by atoms with Gasteiger partial charge >= 0.3 is 0 Å². The van der Waals surface area contributed by atoms with Crippen LogP contribution in [0.5, 0.6) is 0 Å². The summed E-state index contributed by atoms with van der Waals surface area (Å²) in [7, 11) is 2.05. The SMILES string of the molecule is C=O.C=O.CCCC(CCC)NC. The van der Waals surface area contributed by atoms with Crippen LogP contribution in [0.2, 0.25) is 0 Å². The van der Waals surface area contributed by atoms with Gasteiger partial charge in [-0.15, -0.1) is 0 Å². The first-order valence-electron chi connectivity index (χ1n) is 4.60. The Morgan fingerprint density at radius 1 is 1.00 bits per heavy atom. The molecule has 0 saturated carbocycles. The van der Waals surface area contributed by atoms with E-state index in [4.69, 9.17) is 9.59 Å². The van der Waals surface area contributed by atoms with Gasteiger partial charge in [0.2, 0.25) is 0 Å². The Labute approximate surface area is 81.9 Å². The van der Waals surface area contributed by atoms with Crippen LogP contribution in [0, 0.1) is 0 Å². The molecule has 13 heavy (non-hydrogen) atoms. The fourth-order valence-electron chi connectivity index (χ4n) is 1.13. The zero-order valence-corrected chi connectivity index (χ0v) is 9.14. The predicted molar refractivity (Wildman–Crippen MR) is 56.9 cm³/mol. The Bertz CT molecular complexity index is 71.3. The quantitative estimate of drug-likeness (QED) is 0.717. The largest absolute Gasteiger partial charge is 0.317 e. The molecule has 0 rings (SSSR count). The summed E-state index contributed by atoms with van der Waals surface area (Å²) < 4.78 is 0. The van der Waals surface area contributed by atoms with Crippen molar-refractivity contribution in [2.24, 2.45) is 0 Å². The minimum atomic E-state index is 0.764. The van der Waals surface area contributed by atoms with Gasteiger partial charge in [-0.25, -0.2) is 0 Å². The molecular formula is C10H23NO2. The van der Waals surface area contributed by atoms with E-state index < -0.39 is 0 Å². The molecule has 0 aliphatic carbocycles. The van der Waals surface area contributed by atoms with Crippen molar-refractivity contribution < 1.29 is 9.59 Å². The Morgan fingerprint density at radius 2 is 1.31 bits per heavy atom. The minimum Gasteiger partial charge on any atom is -0.317 e. The van der Waals surface area contributed by atoms with Crippen molar-refractivity contribution >= 4 is 13.6 Å². The highest BCUT2D eigenvalue weighted by atomic mass is 16.1. The number of nitrogens with one attached hydrogen (secondary N) is 1. The molecule has 0 saturated heterocycles. The van der Waals surface area contributed by atoms with Crippen LogP contribution in [0.3, 0.4) is 0 Å². The lowest BCUT2D eigenvalue weighted by Gasteiger charge is -2.12. The van der Waals surface area contributed by atoms with E-state index in [2.05, 4.69) is 26.2 Å². The van der Waals surface area contributed by atoms with E-state index >= 15 is 0 Å². The Balaban J connectivity index is -0.000000218. The Kier molecular flexibility index (Phi) is 31.4. The monoisotopic (exact) mass is 189 g/mol. The number of hydrogen-bond donors (Lipinski definition) is 1. The highest BCUT2D eigenvalue weighted by Gasteiger charge is 2.00. The van der Waals surface area contributed by atoms with E-state index in [1.807, 2.05) is 13.6 Å². The molecule has 0 fully saturated rings. The third-order valence-electron chi connectivity index (χ3n) is 1.68. The Morgan fingerprint density at radius 3 is 1.46 bits per heavy atom. The van der Waals surface area contributed by atoms with E-state index in [1.54, 1.807) is 0 Å². The molecule has 80 valence electrons. The smallest absolute Gasteiger partial charge is 0.106 e. The van der Waals surface area contributed by atoms with Crippen LogP contribution in [0.15, 0.2) is 0 Å². The van der Waals surface area contributed by atoms with Gasteiger partial charge in [-0.1, -0.05) is 26.7 Å². The second-order valence-electron chi connectivity index (χ2n) is 2.56. The first kappa shape index (κ1) is 18.2. The van der Waals surface area contributed by atoms with Gasteiger partial charge in [0.25, 0.3) is 0 Å². The first-order valence-corrected chi connectivity index (χ1v) is 4.60. The molecular weight excluding hydrogens is 166 g/mol. The summed E-state index contributed by atoms with van der Waals surface area (Å²) in [5.41, 5.74) is 0. The maximum absolute atomic E-state index is 8.00. The molecule has 0 aliphatic heterocycles. The van der Waals surface area contributed by atoms with Gasteiger partial charge in [0.15, 0.2) is 0 Å². The van der Waals surface area contributed by atoms with E-state index in [-0.39, 0.29) is 0 Å². The summed E-state index contributed by atoms with van der Waals surface area (Å²) in [6.45, 7) is 8.47. The molecule has 0 aliphatic rings. The van der Waals surface area contributed by atoms with Gasteiger partial charge in [0.05, 0.1) is 0 Å². The minimum absolute atomic E-state index is 0.764. The van der Waals surface area contributed by atoms with Crippen molar-refractivity contribution in [3.63, 3.8) is 0 Å². The van der Waals surface area contributed by atoms with Crippen molar-refractivity contribution in [1.82, 2.24) is 5.32 Å². The second kappa shape index (κ2) is 22.5. The molecule has 0 spiro atoms. The highest BCUT2D eigenvalue weighted by Crippen LogP contribution is 2.02. The fraction of sp³-hybridized carbons (Fsp3) is 0.800. The van der Waals surface area contributed by atoms with Gasteiger partial charge in [0, 0.05) is 6.04 Å². The second-order valence-corrected chi connectivity index (χ2v) is 2.56. The lowest BCUT2D eigenvalue weighted by atomic mass is 10.1. The van der Waals surface area contributed by atoms with Crippen molar-refractivity contribution in [2.45, 2.75) is 45.6 Å². The van der Waals surface area contributed by atoms with E-state index in [0.29, 0.717) is 0 Å². The van der Waals surface area contributed by atoms with Gasteiger partial charge < -0.3 is 14.9 Å². The van der Waals surface area contributed by atoms with Gasteiger partial charge in [-0.2, -0.15) is 0 Å². The molecule has 0 amide bonds. The zero-order valence-electron chi connectivity index (χ0n) is 9.14. The maximum atomic E-state index is 8.00. The lowest BCUT2D eigenvalue weighted by molar-refractivity contribution is -0.0987. The molecule has 0 bridgehead atoms. The summed E-state index contributed by atoms with van der Waals surface area (Å²) in [6, 6.07) is 0.764. The summed E-state index contributed by atoms with van der Waals surface area (Å²) >= 11 is 0. The third kappa shape index (κ3) is 18.3. The standard InChI is InChI=1S/C8H19N.2CH2O/c1-4-6-8(9-3)7-5-2;2*1-2/h8-9H,4-7H2,1-3H3;2*1H2. The average Bonchev–Trinajstić information content (AvgIpc) is 2.23. The van der Waals surface area contributed by atoms with Crippen molar-refractivity contribution in [2.75, 3.05) is 7.05 Å². The molecule has 0 aromatic heterocycles. The topological polar surface area (TPSA) is 46.2 Å². The van der Waals surface area contributed by atoms with Crippen LogP contribution < -0.4 is 5.32 Å². The van der Waals surface area contributed by atoms with Crippen LogP contribution >= 0.6 is 0 Å². The summed E-state index contributed by atoms with van der Waals surface area (Å²) in [5.74, 6) is 0. The molecule has 0 unspecified atom stereocenters. The zero-order chi connectivity index (χ0) is 11.1. The highest BCUT2D eigenvalue weighted by molar-refractivity contribution is 5.11. The third-order valence-corrected chi connectivity index (χ3v) is 1.68.